The first kappa shape index (κ1) is 26.3. The Morgan fingerprint density at radius 3 is 2.07 bits per heavy atom. The number of carbonyl (C=O) groups is 3. The molecule has 0 aromatic carbocycles. The first-order chi connectivity index (χ1) is 13.0. The maximum Gasteiger partial charge on any atom is 0.290 e. The van der Waals surface area contributed by atoms with E-state index in [0.717, 1.165) is 25.9 Å². The minimum absolute atomic E-state index is 0.121. The molecular formula is C20H39N3O5. The minimum atomic E-state index is -0.250. The quantitative estimate of drug-likeness (QED) is 0.532. The van der Waals surface area contributed by atoms with Crippen molar-refractivity contribution in [1.82, 2.24) is 15.5 Å². The lowest BCUT2D eigenvalue weighted by Crippen LogP contribution is -2.58. The Hall–Kier alpha value is -1.67. The van der Waals surface area contributed by atoms with Gasteiger partial charge in [-0.15, -0.1) is 0 Å². The molecule has 1 amide bonds. The van der Waals surface area contributed by atoms with Crippen molar-refractivity contribution in [2.24, 2.45) is 5.92 Å². The molecule has 2 heterocycles. The molecule has 8 heteroatoms. The molecule has 2 saturated heterocycles. The van der Waals surface area contributed by atoms with Crippen molar-refractivity contribution in [3.8, 4) is 0 Å². The fourth-order valence-electron chi connectivity index (χ4n) is 4.65. The summed E-state index contributed by atoms with van der Waals surface area (Å²) in [6, 6.07) is 0.526. The number of nitrogens with one attached hydrogen (secondary N) is 2. The van der Waals surface area contributed by atoms with Gasteiger partial charge in [0.05, 0.1) is 0 Å². The molecule has 0 bridgehead atoms. The third-order valence-electron chi connectivity index (χ3n) is 5.21. The highest BCUT2D eigenvalue weighted by Crippen LogP contribution is 2.34. The molecule has 0 radical (unpaired) electrons. The van der Waals surface area contributed by atoms with Crippen LogP contribution in [-0.2, 0) is 14.4 Å². The number of hydrogen-bond donors (Lipinski definition) is 4. The van der Waals surface area contributed by atoms with Crippen LogP contribution in [0.5, 0.6) is 0 Å². The molecule has 28 heavy (non-hydrogen) atoms. The second kappa shape index (κ2) is 12.7. The molecule has 0 saturated carbocycles. The average molecular weight is 402 g/mol. The van der Waals surface area contributed by atoms with Gasteiger partial charge in [-0.3, -0.25) is 14.4 Å². The van der Waals surface area contributed by atoms with Crippen molar-refractivity contribution in [1.29, 1.82) is 0 Å². The Balaban J connectivity index is 0.00000108. The van der Waals surface area contributed by atoms with Gasteiger partial charge in [-0.05, 0) is 72.9 Å². The van der Waals surface area contributed by atoms with Crippen molar-refractivity contribution in [2.45, 2.75) is 83.3 Å². The fourth-order valence-corrected chi connectivity index (χ4v) is 4.65. The number of rotatable bonds is 4. The third kappa shape index (κ3) is 11.2. The Morgan fingerprint density at radius 1 is 1.11 bits per heavy atom. The molecule has 0 aromatic rings. The van der Waals surface area contributed by atoms with E-state index in [0.29, 0.717) is 18.4 Å². The maximum atomic E-state index is 12.3. The van der Waals surface area contributed by atoms with Gasteiger partial charge in [0.15, 0.2) is 0 Å². The van der Waals surface area contributed by atoms with E-state index >= 15 is 0 Å². The molecule has 2 aliphatic rings. The van der Waals surface area contributed by atoms with Gasteiger partial charge in [-0.2, -0.15) is 0 Å². The Kier molecular flexibility index (Phi) is 12.0. The van der Waals surface area contributed by atoms with E-state index in [1.54, 1.807) is 0 Å². The summed E-state index contributed by atoms with van der Waals surface area (Å²) in [5.41, 5.74) is 0.243. The van der Waals surface area contributed by atoms with Crippen molar-refractivity contribution in [2.75, 3.05) is 20.1 Å². The van der Waals surface area contributed by atoms with Crippen LogP contribution in [-0.4, -0.2) is 71.2 Å². The Bertz CT molecular complexity index is 460. The molecule has 164 valence electrons. The summed E-state index contributed by atoms with van der Waals surface area (Å²) in [4.78, 5) is 31.4. The lowest BCUT2D eigenvalue weighted by molar-refractivity contribution is -0.123. The molecule has 2 rings (SSSR count). The van der Waals surface area contributed by atoms with E-state index in [-0.39, 0.29) is 29.9 Å². The lowest BCUT2D eigenvalue weighted by Gasteiger charge is -2.46. The zero-order valence-electron chi connectivity index (χ0n) is 18.0. The van der Waals surface area contributed by atoms with E-state index in [2.05, 4.69) is 50.3 Å². The average Bonchev–Trinajstić information content (AvgIpc) is 2.52. The smallest absolute Gasteiger partial charge is 0.290 e. The highest BCUT2D eigenvalue weighted by molar-refractivity contribution is 5.76. The third-order valence-corrected chi connectivity index (χ3v) is 5.21. The lowest BCUT2D eigenvalue weighted by atomic mass is 9.74. The summed E-state index contributed by atoms with van der Waals surface area (Å²) in [5, 5.41) is 20.6. The number of nitrogens with zero attached hydrogens (tertiary/aromatic N) is 1. The van der Waals surface area contributed by atoms with Crippen LogP contribution in [0.3, 0.4) is 0 Å². The molecule has 1 atom stereocenters. The van der Waals surface area contributed by atoms with Gasteiger partial charge in [-0.1, -0.05) is 6.42 Å². The number of piperidine rings is 2. The number of likely N-dealkylation sites (tertiary alicyclic amines) is 1. The van der Waals surface area contributed by atoms with Crippen LogP contribution in [0.2, 0.25) is 0 Å². The monoisotopic (exact) mass is 401 g/mol. The summed E-state index contributed by atoms with van der Waals surface area (Å²) < 4.78 is 0. The van der Waals surface area contributed by atoms with Crippen LogP contribution < -0.4 is 10.6 Å². The van der Waals surface area contributed by atoms with Gasteiger partial charge < -0.3 is 25.7 Å². The summed E-state index contributed by atoms with van der Waals surface area (Å²) in [5.74, 6) is 0.716. The topological polar surface area (TPSA) is 119 Å². The van der Waals surface area contributed by atoms with Gasteiger partial charge in [-0.25, -0.2) is 0 Å². The highest BCUT2D eigenvalue weighted by atomic mass is 16.3. The van der Waals surface area contributed by atoms with E-state index < -0.39 is 0 Å². The Morgan fingerprint density at radius 2 is 1.61 bits per heavy atom. The number of likely N-dealkylation sites (N-methyl/N-ethyl adjacent to an activating group) is 1. The molecule has 4 N–H and O–H groups in total. The summed E-state index contributed by atoms with van der Waals surface area (Å²) >= 11 is 0. The van der Waals surface area contributed by atoms with E-state index in [1.807, 2.05) is 0 Å². The largest absolute Gasteiger partial charge is 0.483 e. The number of amides is 1. The van der Waals surface area contributed by atoms with E-state index in [1.165, 1.54) is 19.3 Å². The second-order valence-corrected chi connectivity index (χ2v) is 9.02. The van der Waals surface area contributed by atoms with Gasteiger partial charge in [0.2, 0.25) is 5.91 Å². The fraction of sp³-hybridized carbons (Fsp3) is 0.850. The first-order valence-electron chi connectivity index (χ1n) is 9.92. The zero-order chi connectivity index (χ0) is 21.8. The van der Waals surface area contributed by atoms with Crippen LogP contribution in [0, 0.1) is 5.92 Å². The van der Waals surface area contributed by atoms with Crippen LogP contribution in [0.25, 0.3) is 0 Å². The molecule has 1 unspecified atom stereocenters. The van der Waals surface area contributed by atoms with E-state index in [9.17, 15) is 4.79 Å². The zero-order valence-corrected chi connectivity index (χ0v) is 18.0. The van der Waals surface area contributed by atoms with E-state index in [4.69, 9.17) is 19.8 Å². The number of carboxylic acid groups (broad SMARTS) is 2. The molecule has 8 nitrogen and oxygen atoms in total. The van der Waals surface area contributed by atoms with Crippen LogP contribution >= 0.6 is 0 Å². The number of hydrogen-bond acceptors (Lipinski definition) is 5. The van der Waals surface area contributed by atoms with Crippen LogP contribution in [0.15, 0.2) is 0 Å². The van der Waals surface area contributed by atoms with Gasteiger partial charge in [0, 0.05) is 30.1 Å². The van der Waals surface area contributed by atoms with Gasteiger partial charge in [0.25, 0.3) is 12.9 Å². The van der Waals surface area contributed by atoms with Crippen LogP contribution in [0.1, 0.15) is 66.2 Å². The van der Waals surface area contributed by atoms with Crippen molar-refractivity contribution in [3.05, 3.63) is 0 Å². The summed E-state index contributed by atoms with van der Waals surface area (Å²) in [7, 11) is 2.17. The SMILES string of the molecule is CN1CCCCC1CNC(=O)CC1CC(C)(C)NC(C)(C)C1.O=CO.O=CO. The van der Waals surface area contributed by atoms with Crippen molar-refractivity contribution >= 4 is 18.9 Å². The standard InChI is InChI=1S/C18H35N3O.2CH2O2/c1-17(2)11-14(12-18(3,4)20-17)10-16(22)19-13-15-8-6-7-9-21(15)5;2*2-1-3/h14-15,20H,6-13H2,1-5H3,(H,19,22);2*1H,(H,2,3). The van der Waals surface area contributed by atoms with Crippen LogP contribution in [0.4, 0.5) is 0 Å². The molecule has 0 aliphatic carbocycles. The Labute approximate surface area is 169 Å². The molecule has 2 fully saturated rings. The van der Waals surface area contributed by atoms with Crippen molar-refractivity contribution in [3.63, 3.8) is 0 Å². The molecule has 2 aliphatic heterocycles. The number of carbonyl (C=O) groups excluding carboxylic acids is 1. The van der Waals surface area contributed by atoms with Crippen molar-refractivity contribution < 1.29 is 24.6 Å². The minimum Gasteiger partial charge on any atom is -0.483 e. The predicted molar refractivity (Wildman–Crippen MR) is 109 cm³/mol. The predicted octanol–water partition coefficient (Wildman–Crippen LogP) is 1.94. The molecule has 0 spiro atoms. The summed E-state index contributed by atoms with van der Waals surface area (Å²) in [6.45, 7) is 10.5. The highest BCUT2D eigenvalue weighted by Gasteiger charge is 2.38. The summed E-state index contributed by atoms with van der Waals surface area (Å²) in [6.07, 6.45) is 6.62. The van der Waals surface area contributed by atoms with Gasteiger partial charge >= 0.3 is 0 Å². The van der Waals surface area contributed by atoms with Gasteiger partial charge in [0.1, 0.15) is 0 Å². The maximum absolute atomic E-state index is 12.3. The molecular weight excluding hydrogens is 362 g/mol. The molecule has 0 aromatic heterocycles. The second-order valence-electron chi connectivity index (χ2n) is 9.02. The first-order valence-corrected chi connectivity index (χ1v) is 9.92. The normalized spacial score (nSPS) is 23.8.